The van der Waals surface area contributed by atoms with E-state index < -0.39 is 0 Å². The highest BCUT2D eigenvalue weighted by molar-refractivity contribution is 6.31. The SMILES string of the molecule is C1=CC2C(=Nc3ccccc32)C(c2ccc3c(c2)[nH]c2ccccc23)=C1. The lowest BCUT2D eigenvalue weighted by Gasteiger charge is -2.17. The Kier molecular flexibility index (Phi) is 2.69. The molecule has 26 heavy (non-hydrogen) atoms. The monoisotopic (exact) mass is 332 g/mol. The number of aromatic amines is 1. The number of fused-ring (bicyclic) bond motifs is 6. The number of benzene rings is 3. The van der Waals surface area contributed by atoms with Gasteiger partial charge in [-0.3, -0.25) is 4.99 Å². The van der Waals surface area contributed by atoms with Crippen LogP contribution >= 0.6 is 0 Å². The van der Waals surface area contributed by atoms with Crippen LogP contribution in [0.5, 0.6) is 0 Å². The molecule has 2 nitrogen and oxygen atoms in total. The first kappa shape index (κ1) is 13.9. The van der Waals surface area contributed by atoms with Crippen molar-refractivity contribution in [2.75, 3.05) is 0 Å². The van der Waals surface area contributed by atoms with Crippen molar-refractivity contribution in [1.82, 2.24) is 4.98 Å². The highest BCUT2D eigenvalue weighted by Crippen LogP contribution is 2.42. The second-order valence-corrected chi connectivity index (χ2v) is 6.93. The van der Waals surface area contributed by atoms with Crippen molar-refractivity contribution < 1.29 is 0 Å². The minimum Gasteiger partial charge on any atom is -0.354 e. The van der Waals surface area contributed by atoms with E-state index in [1.165, 1.54) is 38.5 Å². The van der Waals surface area contributed by atoms with Gasteiger partial charge >= 0.3 is 0 Å². The van der Waals surface area contributed by atoms with E-state index in [1.807, 2.05) is 0 Å². The Morgan fingerprint density at radius 3 is 2.65 bits per heavy atom. The van der Waals surface area contributed by atoms with Gasteiger partial charge in [0.05, 0.1) is 11.4 Å². The fourth-order valence-electron chi connectivity index (χ4n) is 4.24. The summed E-state index contributed by atoms with van der Waals surface area (Å²) < 4.78 is 0. The molecule has 6 rings (SSSR count). The molecule has 0 saturated carbocycles. The molecule has 1 N–H and O–H groups in total. The molecule has 0 radical (unpaired) electrons. The maximum absolute atomic E-state index is 4.94. The van der Waals surface area contributed by atoms with Crippen LogP contribution in [0.2, 0.25) is 0 Å². The summed E-state index contributed by atoms with van der Waals surface area (Å²) in [4.78, 5) is 8.49. The van der Waals surface area contributed by atoms with Crippen LogP contribution in [0.1, 0.15) is 17.0 Å². The minimum atomic E-state index is 0.268. The van der Waals surface area contributed by atoms with Crippen LogP contribution in [-0.4, -0.2) is 10.7 Å². The smallest absolute Gasteiger partial charge is 0.0675 e. The number of aromatic nitrogens is 1. The zero-order chi connectivity index (χ0) is 17.1. The summed E-state index contributed by atoms with van der Waals surface area (Å²) in [5, 5.41) is 2.54. The Morgan fingerprint density at radius 2 is 1.65 bits per heavy atom. The van der Waals surface area contributed by atoms with Crippen LogP contribution in [-0.2, 0) is 0 Å². The molecule has 0 saturated heterocycles. The summed E-state index contributed by atoms with van der Waals surface area (Å²) >= 11 is 0. The van der Waals surface area contributed by atoms with Gasteiger partial charge in [-0.05, 0) is 29.3 Å². The van der Waals surface area contributed by atoms with Crippen LogP contribution in [0, 0.1) is 0 Å². The average Bonchev–Trinajstić information content (AvgIpc) is 3.25. The van der Waals surface area contributed by atoms with Crippen LogP contribution in [0.15, 0.2) is 90.0 Å². The first-order chi connectivity index (χ1) is 12.9. The van der Waals surface area contributed by atoms with Crippen molar-refractivity contribution in [3.05, 3.63) is 96.1 Å². The van der Waals surface area contributed by atoms with E-state index >= 15 is 0 Å². The molecule has 1 unspecified atom stereocenters. The van der Waals surface area contributed by atoms with Crippen LogP contribution in [0.25, 0.3) is 27.4 Å². The number of hydrogen-bond donors (Lipinski definition) is 1. The Labute approximate surface area is 151 Å². The number of nitrogens with one attached hydrogen (secondary N) is 1. The van der Waals surface area contributed by atoms with Gasteiger partial charge in [0.15, 0.2) is 0 Å². The third-order valence-electron chi connectivity index (χ3n) is 5.47. The summed E-state index contributed by atoms with van der Waals surface area (Å²) in [5.41, 5.74) is 8.34. The van der Waals surface area contributed by atoms with Gasteiger partial charge in [-0.15, -0.1) is 0 Å². The molecular formula is C24H16N2. The largest absolute Gasteiger partial charge is 0.354 e. The number of rotatable bonds is 1. The second kappa shape index (κ2) is 5.06. The molecule has 0 bridgehead atoms. The van der Waals surface area contributed by atoms with E-state index in [1.54, 1.807) is 0 Å². The molecule has 3 aromatic carbocycles. The van der Waals surface area contributed by atoms with Gasteiger partial charge < -0.3 is 4.98 Å². The molecule has 4 aromatic rings. The van der Waals surface area contributed by atoms with Gasteiger partial charge in [0.25, 0.3) is 0 Å². The van der Waals surface area contributed by atoms with E-state index in [0.29, 0.717) is 0 Å². The summed E-state index contributed by atoms with van der Waals surface area (Å²) in [5.74, 6) is 0.268. The Hall–Kier alpha value is -3.39. The molecule has 0 spiro atoms. The van der Waals surface area contributed by atoms with Crippen molar-refractivity contribution >= 4 is 38.8 Å². The van der Waals surface area contributed by atoms with Gasteiger partial charge in [0, 0.05) is 33.3 Å². The topological polar surface area (TPSA) is 28.1 Å². The quantitative estimate of drug-likeness (QED) is 0.433. The first-order valence-corrected chi connectivity index (χ1v) is 8.96. The lowest BCUT2D eigenvalue weighted by Crippen LogP contribution is -2.11. The number of allylic oxidation sites excluding steroid dienone is 4. The lowest BCUT2D eigenvalue weighted by molar-refractivity contribution is 1.19. The number of H-pyrrole nitrogens is 1. The number of aliphatic imine (C=N–C) groups is 1. The molecular weight excluding hydrogens is 316 g/mol. The normalized spacial score (nSPS) is 17.9. The lowest BCUT2D eigenvalue weighted by atomic mass is 9.85. The highest BCUT2D eigenvalue weighted by atomic mass is 14.8. The van der Waals surface area contributed by atoms with Crippen molar-refractivity contribution in [1.29, 1.82) is 0 Å². The van der Waals surface area contributed by atoms with E-state index in [0.717, 1.165) is 11.4 Å². The molecule has 2 heteroatoms. The van der Waals surface area contributed by atoms with E-state index in [4.69, 9.17) is 4.99 Å². The summed E-state index contributed by atoms with van der Waals surface area (Å²) in [6, 6.07) is 23.6. The van der Waals surface area contributed by atoms with Crippen molar-refractivity contribution in [3.8, 4) is 0 Å². The van der Waals surface area contributed by atoms with Crippen LogP contribution in [0.3, 0.4) is 0 Å². The molecule has 1 atom stereocenters. The molecule has 1 aliphatic carbocycles. The Morgan fingerprint density at radius 1 is 0.808 bits per heavy atom. The first-order valence-electron chi connectivity index (χ1n) is 8.96. The van der Waals surface area contributed by atoms with Gasteiger partial charge in [-0.2, -0.15) is 0 Å². The molecule has 2 heterocycles. The Bertz CT molecular complexity index is 1280. The summed E-state index contributed by atoms with van der Waals surface area (Å²) in [7, 11) is 0. The van der Waals surface area contributed by atoms with Gasteiger partial charge in [-0.1, -0.05) is 66.8 Å². The summed E-state index contributed by atoms with van der Waals surface area (Å²) in [6.07, 6.45) is 6.59. The third-order valence-corrected chi connectivity index (χ3v) is 5.47. The van der Waals surface area contributed by atoms with E-state index in [9.17, 15) is 0 Å². The summed E-state index contributed by atoms with van der Waals surface area (Å²) in [6.45, 7) is 0. The number of para-hydroxylation sites is 2. The minimum absolute atomic E-state index is 0.268. The molecule has 2 aliphatic rings. The predicted octanol–water partition coefficient (Wildman–Crippen LogP) is 6.14. The van der Waals surface area contributed by atoms with Gasteiger partial charge in [-0.25, -0.2) is 0 Å². The van der Waals surface area contributed by atoms with E-state index in [-0.39, 0.29) is 5.92 Å². The maximum Gasteiger partial charge on any atom is 0.0675 e. The van der Waals surface area contributed by atoms with Crippen molar-refractivity contribution in [2.45, 2.75) is 5.92 Å². The fraction of sp³-hybridized carbons (Fsp3) is 0.0417. The fourth-order valence-corrected chi connectivity index (χ4v) is 4.24. The maximum atomic E-state index is 4.94. The van der Waals surface area contributed by atoms with Crippen molar-refractivity contribution in [2.24, 2.45) is 4.99 Å². The zero-order valence-corrected chi connectivity index (χ0v) is 14.1. The van der Waals surface area contributed by atoms with Gasteiger partial charge in [0.2, 0.25) is 0 Å². The zero-order valence-electron chi connectivity index (χ0n) is 14.1. The second-order valence-electron chi connectivity index (χ2n) is 6.93. The molecule has 122 valence electrons. The van der Waals surface area contributed by atoms with Gasteiger partial charge in [0.1, 0.15) is 0 Å². The number of hydrogen-bond acceptors (Lipinski definition) is 1. The molecule has 1 aromatic heterocycles. The molecule has 0 amide bonds. The van der Waals surface area contributed by atoms with Crippen LogP contribution in [0.4, 0.5) is 5.69 Å². The molecule has 0 fully saturated rings. The highest BCUT2D eigenvalue weighted by Gasteiger charge is 2.29. The van der Waals surface area contributed by atoms with Crippen LogP contribution < -0.4 is 0 Å². The standard InChI is InChI=1S/C24H16N2/c1-3-10-21-17(6-1)19-13-12-15(14-23(19)25-21)16-8-5-9-20-18-7-2-4-11-22(18)26-24(16)20/h1-14,20,25H. The third kappa shape index (κ3) is 1.84. The molecule has 1 aliphatic heterocycles. The Balaban J connectivity index is 1.52. The van der Waals surface area contributed by atoms with E-state index in [2.05, 4.69) is 89.9 Å². The van der Waals surface area contributed by atoms with Crippen molar-refractivity contribution in [3.63, 3.8) is 0 Å². The predicted molar refractivity (Wildman–Crippen MR) is 109 cm³/mol. The number of nitrogens with zero attached hydrogens (tertiary/aromatic N) is 1. The average molecular weight is 332 g/mol.